The van der Waals surface area contributed by atoms with Crippen LogP contribution in [-0.2, 0) is 9.84 Å². The molecule has 18 heavy (non-hydrogen) atoms. The Balaban J connectivity index is 2.25. The van der Waals surface area contributed by atoms with Crippen molar-refractivity contribution in [2.45, 2.75) is 0 Å². The van der Waals surface area contributed by atoms with Crippen LogP contribution in [0.25, 0.3) is 0 Å². The molecule has 0 spiro atoms. The highest BCUT2D eigenvalue weighted by molar-refractivity contribution is 9.10. The van der Waals surface area contributed by atoms with Crippen LogP contribution in [0, 0.1) is 0 Å². The fourth-order valence-corrected chi connectivity index (χ4v) is 3.46. The molecule has 0 bridgehead atoms. The summed E-state index contributed by atoms with van der Waals surface area (Å²) in [6, 6.07) is 5.01. The first kappa shape index (κ1) is 13.4. The number of aromatic carboxylic acids is 1. The number of halogens is 1. The van der Waals surface area contributed by atoms with Crippen molar-refractivity contribution in [3.05, 3.63) is 28.2 Å². The molecule has 2 rings (SSSR count). The molecule has 98 valence electrons. The van der Waals surface area contributed by atoms with Gasteiger partial charge >= 0.3 is 5.97 Å². The predicted molar refractivity (Wildman–Crippen MR) is 72.0 cm³/mol. The van der Waals surface area contributed by atoms with Crippen LogP contribution >= 0.6 is 15.9 Å². The van der Waals surface area contributed by atoms with Crippen LogP contribution in [0.2, 0.25) is 0 Å². The zero-order valence-electron chi connectivity index (χ0n) is 9.47. The van der Waals surface area contributed by atoms with Crippen molar-refractivity contribution in [2.75, 3.05) is 29.5 Å². The minimum absolute atomic E-state index is 0.117. The van der Waals surface area contributed by atoms with Crippen LogP contribution in [-0.4, -0.2) is 44.1 Å². The number of benzene rings is 1. The van der Waals surface area contributed by atoms with Crippen molar-refractivity contribution in [2.24, 2.45) is 0 Å². The number of carbonyl (C=O) groups is 1. The van der Waals surface area contributed by atoms with E-state index in [1.165, 1.54) is 0 Å². The second-order valence-corrected chi connectivity index (χ2v) is 7.27. The smallest absolute Gasteiger partial charge is 0.336 e. The quantitative estimate of drug-likeness (QED) is 0.884. The highest BCUT2D eigenvalue weighted by Gasteiger charge is 2.22. The maximum atomic E-state index is 11.3. The normalized spacial score (nSPS) is 18.6. The molecule has 0 unspecified atom stereocenters. The number of anilines is 1. The first-order valence-corrected chi connectivity index (χ1v) is 7.99. The van der Waals surface area contributed by atoms with E-state index in [1.54, 1.807) is 18.2 Å². The van der Waals surface area contributed by atoms with Gasteiger partial charge in [0.15, 0.2) is 9.84 Å². The molecular weight excluding hydrogens is 322 g/mol. The van der Waals surface area contributed by atoms with Gasteiger partial charge in [0.05, 0.1) is 17.1 Å². The predicted octanol–water partition coefficient (Wildman–Crippen LogP) is 1.38. The Morgan fingerprint density at radius 2 is 1.89 bits per heavy atom. The molecular formula is C11H12BrNO4S. The number of sulfone groups is 1. The molecule has 0 amide bonds. The summed E-state index contributed by atoms with van der Waals surface area (Å²) < 4.78 is 23.2. The van der Waals surface area contributed by atoms with E-state index in [2.05, 4.69) is 15.9 Å². The number of hydrogen-bond donors (Lipinski definition) is 1. The lowest BCUT2D eigenvalue weighted by Crippen LogP contribution is -2.40. The minimum atomic E-state index is -2.93. The van der Waals surface area contributed by atoms with Crippen LogP contribution in [0.5, 0.6) is 0 Å². The molecule has 1 aromatic carbocycles. The zero-order valence-corrected chi connectivity index (χ0v) is 11.9. The van der Waals surface area contributed by atoms with Gasteiger partial charge in [0.2, 0.25) is 0 Å². The number of carboxylic acid groups (broad SMARTS) is 1. The molecule has 1 saturated heterocycles. The highest BCUT2D eigenvalue weighted by Crippen LogP contribution is 2.24. The number of hydrogen-bond acceptors (Lipinski definition) is 4. The third-order valence-corrected chi connectivity index (χ3v) is 5.19. The number of rotatable bonds is 2. The maximum absolute atomic E-state index is 11.3. The third kappa shape index (κ3) is 2.84. The van der Waals surface area contributed by atoms with Crippen LogP contribution in [0.1, 0.15) is 10.4 Å². The second kappa shape index (κ2) is 4.89. The molecule has 1 aromatic rings. The molecule has 0 saturated carbocycles. The van der Waals surface area contributed by atoms with Crippen LogP contribution in [0.4, 0.5) is 5.69 Å². The van der Waals surface area contributed by atoms with Gasteiger partial charge in [0, 0.05) is 23.2 Å². The van der Waals surface area contributed by atoms with Crippen LogP contribution in [0.15, 0.2) is 22.7 Å². The molecule has 1 heterocycles. The first-order valence-electron chi connectivity index (χ1n) is 5.37. The van der Waals surface area contributed by atoms with E-state index in [4.69, 9.17) is 5.11 Å². The average molecular weight is 334 g/mol. The molecule has 0 atom stereocenters. The van der Waals surface area contributed by atoms with Crippen LogP contribution in [0.3, 0.4) is 0 Å². The van der Waals surface area contributed by atoms with Gasteiger partial charge in [-0.3, -0.25) is 0 Å². The Hall–Kier alpha value is -1.08. The summed E-state index contributed by atoms with van der Waals surface area (Å²) in [5.41, 5.74) is 0.923. The average Bonchev–Trinajstić information content (AvgIpc) is 2.30. The summed E-state index contributed by atoms with van der Waals surface area (Å²) in [6.45, 7) is 0.812. The van der Waals surface area contributed by atoms with Gasteiger partial charge in [0.25, 0.3) is 0 Å². The summed E-state index contributed by atoms with van der Waals surface area (Å²) in [5, 5.41) is 9.03. The topological polar surface area (TPSA) is 74.7 Å². The van der Waals surface area contributed by atoms with E-state index >= 15 is 0 Å². The molecule has 0 aromatic heterocycles. The Morgan fingerprint density at radius 3 is 2.44 bits per heavy atom. The van der Waals surface area contributed by atoms with Crippen molar-refractivity contribution >= 4 is 37.4 Å². The monoisotopic (exact) mass is 333 g/mol. The van der Waals surface area contributed by atoms with Crippen molar-refractivity contribution in [1.82, 2.24) is 0 Å². The molecule has 1 N–H and O–H groups in total. The number of carboxylic acids is 1. The maximum Gasteiger partial charge on any atom is 0.336 e. The molecule has 1 aliphatic heterocycles. The summed E-state index contributed by atoms with van der Waals surface area (Å²) in [4.78, 5) is 12.9. The molecule has 0 radical (unpaired) electrons. The molecule has 1 fully saturated rings. The largest absolute Gasteiger partial charge is 0.478 e. The SMILES string of the molecule is O=C(O)c1cc(N2CCS(=O)(=O)CC2)ccc1Br. The van der Waals surface area contributed by atoms with Crippen molar-refractivity contribution in [3.63, 3.8) is 0 Å². The standard InChI is InChI=1S/C11H12BrNO4S/c12-10-2-1-8(7-9(10)11(14)15)13-3-5-18(16,17)6-4-13/h1-2,7H,3-6H2,(H,14,15). The van der Waals surface area contributed by atoms with E-state index < -0.39 is 15.8 Å². The fourth-order valence-electron chi connectivity index (χ4n) is 1.84. The lowest BCUT2D eigenvalue weighted by atomic mass is 10.2. The molecule has 1 aliphatic rings. The van der Waals surface area contributed by atoms with E-state index in [-0.39, 0.29) is 17.1 Å². The van der Waals surface area contributed by atoms with Gasteiger partial charge in [-0.05, 0) is 34.1 Å². The summed E-state index contributed by atoms with van der Waals surface area (Å²) in [6.07, 6.45) is 0. The second-order valence-electron chi connectivity index (χ2n) is 4.11. The van der Waals surface area contributed by atoms with Crippen molar-refractivity contribution in [3.8, 4) is 0 Å². The van der Waals surface area contributed by atoms with E-state index in [9.17, 15) is 13.2 Å². The van der Waals surface area contributed by atoms with Gasteiger partial charge in [-0.15, -0.1) is 0 Å². The van der Waals surface area contributed by atoms with Gasteiger partial charge in [-0.2, -0.15) is 0 Å². The lowest BCUT2D eigenvalue weighted by Gasteiger charge is -2.29. The summed E-state index contributed by atoms with van der Waals surface area (Å²) >= 11 is 3.18. The molecule has 5 nitrogen and oxygen atoms in total. The highest BCUT2D eigenvalue weighted by atomic mass is 79.9. The van der Waals surface area contributed by atoms with Gasteiger partial charge in [-0.25, -0.2) is 13.2 Å². The Bertz CT molecular complexity index is 571. The first-order chi connectivity index (χ1) is 8.39. The summed E-state index contributed by atoms with van der Waals surface area (Å²) in [5.74, 6) is -0.773. The van der Waals surface area contributed by atoms with Crippen molar-refractivity contribution in [1.29, 1.82) is 0 Å². The minimum Gasteiger partial charge on any atom is -0.478 e. The van der Waals surface area contributed by atoms with E-state index in [0.717, 1.165) is 5.69 Å². The van der Waals surface area contributed by atoms with Gasteiger partial charge in [-0.1, -0.05) is 0 Å². The Labute approximate surface area is 113 Å². The fraction of sp³-hybridized carbons (Fsp3) is 0.364. The van der Waals surface area contributed by atoms with Crippen LogP contribution < -0.4 is 4.90 Å². The summed E-state index contributed by atoms with van der Waals surface area (Å²) in [7, 11) is -2.93. The number of nitrogens with zero attached hydrogens (tertiary/aromatic N) is 1. The zero-order chi connectivity index (χ0) is 13.3. The Kier molecular flexibility index (Phi) is 3.63. The lowest BCUT2D eigenvalue weighted by molar-refractivity contribution is 0.0696. The van der Waals surface area contributed by atoms with E-state index in [1.807, 2.05) is 4.90 Å². The Morgan fingerprint density at radius 1 is 1.28 bits per heavy atom. The third-order valence-electron chi connectivity index (χ3n) is 2.89. The van der Waals surface area contributed by atoms with Crippen molar-refractivity contribution < 1.29 is 18.3 Å². The van der Waals surface area contributed by atoms with E-state index in [0.29, 0.717) is 17.6 Å². The van der Waals surface area contributed by atoms with Gasteiger partial charge in [0.1, 0.15) is 0 Å². The molecule has 7 heteroatoms. The molecule has 0 aliphatic carbocycles. The van der Waals surface area contributed by atoms with Gasteiger partial charge < -0.3 is 10.0 Å².